The van der Waals surface area contributed by atoms with Gasteiger partial charge in [0.15, 0.2) is 0 Å². The fourth-order valence-electron chi connectivity index (χ4n) is 2.72. The summed E-state index contributed by atoms with van der Waals surface area (Å²) < 4.78 is 5.57. The summed E-state index contributed by atoms with van der Waals surface area (Å²) in [5.41, 5.74) is 0.577. The molecule has 1 aliphatic heterocycles. The maximum Gasteiger partial charge on any atom is 0.230 e. The number of likely N-dealkylation sites (tertiary alicyclic amines) is 1. The Labute approximate surface area is 135 Å². The normalized spacial score (nSPS) is 18.0. The largest absolute Gasteiger partial charge is 0.424 e. The lowest BCUT2D eigenvalue weighted by Crippen LogP contribution is -2.23. The monoisotopic (exact) mass is 312 g/mol. The number of pyridine rings is 1. The van der Waals surface area contributed by atoms with Crippen LogP contribution in [0.4, 0.5) is 5.82 Å². The number of hydrogen-bond donors (Lipinski definition) is 1. The van der Waals surface area contributed by atoms with E-state index in [1.165, 1.54) is 0 Å². The predicted octanol–water partition coefficient (Wildman–Crippen LogP) is 1.83. The fraction of sp³-hybridized carbons (Fsp3) is 0.500. The van der Waals surface area contributed by atoms with Crippen molar-refractivity contribution in [3.8, 4) is 6.07 Å². The van der Waals surface area contributed by atoms with Gasteiger partial charge in [-0.25, -0.2) is 4.98 Å². The summed E-state index contributed by atoms with van der Waals surface area (Å²) in [6, 6.07) is 5.69. The van der Waals surface area contributed by atoms with Gasteiger partial charge < -0.3 is 9.73 Å². The van der Waals surface area contributed by atoms with E-state index in [-0.39, 0.29) is 0 Å². The van der Waals surface area contributed by atoms with Crippen LogP contribution in [0.2, 0.25) is 0 Å². The Balaban J connectivity index is 1.45. The number of hydrogen-bond acceptors (Lipinski definition) is 7. The molecule has 7 heteroatoms. The highest BCUT2D eigenvalue weighted by Gasteiger charge is 2.23. The summed E-state index contributed by atoms with van der Waals surface area (Å²) >= 11 is 0. The first-order valence-corrected chi connectivity index (χ1v) is 7.90. The van der Waals surface area contributed by atoms with E-state index in [1.54, 1.807) is 12.3 Å². The molecule has 0 radical (unpaired) electrons. The summed E-state index contributed by atoms with van der Waals surface area (Å²) in [5.74, 6) is 2.78. The van der Waals surface area contributed by atoms with Crippen molar-refractivity contribution in [2.24, 2.45) is 5.92 Å². The van der Waals surface area contributed by atoms with Crippen LogP contribution in [0.5, 0.6) is 0 Å². The Morgan fingerprint density at radius 1 is 1.39 bits per heavy atom. The third kappa shape index (κ3) is 4.05. The van der Waals surface area contributed by atoms with Crippen molar-refractivity contribution in [2.75, 3.05) is 25.0 Å². The molecule has 1 N–H and O–H groups in total. The van der Waals surface area contributed by atoms with Crippen molar-refractivity contribution in [3.63, 3.8) is 0 Å². The van der Waals surface area contributed by atoms with Crippen LogP contribution in [0.25, 0.3) is 0 Å². The van der Waals surface area contributed by atoms with Crippen molar-refractivity contribution >= 4 is 5.82 Å². The van der Waals surface area contributed by atoms with E-state index >= 15 is 0 Å². The molecule has 7 nitrogen and oxygen atoms in total. The summed E-state index contributed by atoms with van der Waals surface area (Å²) in [7, 11) is 0. The molecule has 2 aromatic heterocycles. The Morgan fingerprint density at radius 3 is 2.96 bits per heavy atom. The maximum absolute atomic E-state index is 8.77. The molecule has 1 saturated heterocycles. The zero-order chi connectivity index (χ0) is 16.1. The highest BCUT2D eigenvalue weighted by Crippen LogP contribution is 2.19. The van der Waals surface area contributed by atoms with E-state index in [1.807, 2.05) is 13.0 Å². The Kier molecular flexibility index (Phi) is 4.83. The van der Waals surface area contributed by atoms with Crippen LogP contribution in [0, 0.1) is 17.2 Å². The second-order valence-corrected chi connectivity index (χ2v) is 5.76. The van der Waals surface area contributed by atoms with Crippen LogP contribution in [0.1, 0.15) is 30.7 Å². The topological polar surface area (TPSA) is 90.9 Å². The molecule has 0 aliphatic carbocycles. The molecule has 2 aromatic rings. The third-order valence-corrected chi connectivity index (χ3v) is 4.00. The average molecular weight is 312 g/mol. The number of aryl methyl sites for hydroxylation is 1. The molecule has 1 atom stereocenters. The van der Waals surface area contributed by atoms with E-state index in [0.29, 0.717) is 23.3 Å². The van der Waals surface area contributed by atoms with E-state index in [2.05, 4.69) is 31.5 Å². The zero-order valence-corrected chi connectivity index (χ0v) is 13.2. The first-order valence-electron chi connectivity index (χ1n) is 7.90. The number of nitrogens with zero attached hydrogens (tertiary/aromatic N) is 5. The number of anilines is 1. The van der Waals surface area contributed by atoms with Crippen molar-refractivity contribution in [2.45, 2.75) is 26.3 Å². The Hall–Kier alpha value is -2.46. The summed E-state index contributed by atoms with van der Waals surface area (Å²) in [6.07, 6.45) is 3.50. The molecular formula is C16H20N6O. The van der Waals surface area contributed by atoms with Gasteiger partial charge in [0, 0.05) is 25.7 Å². The number of aromatic nitrogens is 3. The molecule has 23 heavy (non-hydrogen) atoms. The molecule has 0 amide bonds. The summed E-state index contributed by atoms with van der Waals surface area (Å²) in [4.78, 5) is 6.57. The molecule has 120 valence electrons. The molecule has 3 rings (SSSR count). The van der Waals surface area contributed by atoms with Gasteiger partial charge in [0.25, 0.3) is 0 Å². The van der Waals surface area contributed by atoms with Gasteiger partial charge >= 0.3 is 0 Å². The minimum atomic E-state index is 0.570. The first kappa shape index (κ1) is 15.4. The number of rotatable bonds is 6. The second-order valence-electron chi connectivity index (χ2n) is 5.76. The maximum atomic E-state index is 8.77. The fourth-order valence-corrected chi connectivity index (χ4v) is 2.72. The lowest BCUT2D eigenvalue weighted by atomic mass is 10.1. The van der Waals surface area contributed by atoms with Crippen molar-refractivity contribution in [1.82, 2.24) is 20.1 Å². The Morgan fingerprint density at radius 2 is 2.26 bits per heavy atom. The van der Waals surface area contributed by atoms with Crippen LogP contribution in [-0.4, -0.2) is 39.7 Å². The third-order valence-electron chi connectivity index (χ3n) is 4.00. The van der Waals surface area contributed by atoms with E-state index < -0.39 is 0 Å². The van der Waals surface area contributed by atoms with Crippen molar-refractivity contribution < 1.29 is 4.42 Å². The number of nitrogens with one attached hydrogen (secondary N) is 1. The zero-order valence-electron chi connectivity index (χ0n) is 13.2. The van der Waals surface area contributed by atoms with Gasteiger partial charge in [0.05, 0.1) is 12.1 Å². The van der Waals surface area contributed by atoms with E-state index in [4.69, 9.17) is 9.68 Å². The van der Waals surface area contributed by atoms with Gasteiger partial charge in [-0.2, -0.15) is 5.26 Å². The molecule has 0 bridgehead atoms. The highest BCUT2D eigenvalue weighted by molar-refractivity contribution is 5.38. The van der Waals surface area contributed by atoms with E-state index in [9.17, 15) is 0 Å². The second kappa shape index (κ2) is 7.20. The molecule has 3 heterocycles. The van der Waals surface area contributed by atoms with Crippen LogP contribution >= 0.6 is 0 Å². The molecule has 0 aromatic carbocycles. The summed E-state index contributed by atoms with van der Waals surface area (Å²) in [5, 5.41) is 20.2. The minimum Gasteiger partial charge on any atom is -0.424 e. The van der Waals surface area contributed by atoms with Crippen molar-refractivity contribution in [1.29, 1.82) is 5.26 Å². The quantitative estimate of drug-likeness (QED) is 0.870. The lowest BCUT2D eigenvalue weighted by Gasteiger charge is -2.14. The molecule has 1 aliphatic rings. The number of nitriles is 1. The van der Waals surface area contributed by atoms with Crippen molar-refractivity contribution in [3.05, 3.63) is 35.7 Å². The SMILES string of the molecule is CCc1nnc(CN2CCC(CNc3ccc(C#N)cn3)C2)o1. The van der Waals surface area contributed by atoms with Crippen LogP contribution < -0.4 is 5.32 Å². The molecule has 0 spiro atoms. The molecule has 1 fully saturated rings. The lowest BCUT2D eigenvalue weighted by molar-refractivity contribution is 0.278. The highest BCUT2D eigenvalue weighted by atomic mass is 16.4. The van der Waals surface area contributed by atoms with Gasteiger partial charge in [-0.05, 0) is 31.0 Å². The van der Waals surface area contributed by atoms with Crippen LogP contribution in [-0.2, 0) is 13.0 Å². The van der Waals surface area contributed by atoms with Crippen LogP contribution in [0.15, 0.2) is 22.7 Å². The first-order chi connectivity index (χ1) is 11.3. The predicted molar refractivity (Wildman–Crippen MR) is 84.5 cm³/mol. The standard InChI is InChI=1S/C16H20N6O/c1-2-15-20-21-16(23-15)11-22-6-5-13(10-22)9-19-14-4-3-12(7-17)8-18-14/h3-4,8,13H,2,5-6,9-11H2,1H3,(H,18,19). The smallest absolute Gasteiger partial charge is 0.230 e. The minimum absolute atomic E-state index is 0.570. The van der Waals surface area contributed by atoms with Gasteiger partial charge in [0.2, 0.25) is 11.8 Å². The summed E-state index contributed by atoms with van der Waals surface area (Å²) in [6.45, 7) is 5.65. The average Bonchev–Trinajstić information content (AvgIpc) is 3.23. The van der Waals surface area contributed by atoms with Gasteiger partial charge in [0.1, 0.15) is 11.9 Å². The molecular weight excluding hydrogens is 292 g/mol. The van der Waals surface area contributed by atoms with E-state index in [0.717, 1.165) is 44.8 Å². The van der Waals surface area contributed by atoms with Crippen LogP contribution in [0.3, 0.4) is 0 Å². The molecule has 0 saturated carbocycles. The van der Waals surface area contributed by atoms with Gasteiger partial charge in [-0.3, -0.25) is 4.90 Å². The molecule has 1 unspecified atom stereocenters. The van der Waals surface area contributed by atoms with Gasteiger partial charge in [-0.15, -0.1) is 10.2 Å². The van der Waals surface area contributed by atoms with Gasteiger partial charge in [-0.1, -0.05) is 6.92 Å². The Bertz CT molecular complexity index is 675.